The zero-order valence-corrected chi connectivity index (χ0v) is 17.2. The summed E-state index contributed by atoms with van der Waals surface area (Å²) in [5, 5.41) is 4.23. The molecule has 0 saturated carbocycles. The third-order valence-corrected chi connectivity index (χ3v) is 7.79. The molecule has 0 unspecified atom stereocenters. The molecule has 0 N–H and O–H groups in total. The molecule has 29 heavy (non-hydrogen) atoms. The molecular formula is C20H22N6O2S. The van der Waals surface area contributed by atoms with Gasteiger partial charge in [0, 0.05) is 26.3 Å². The Balaban J connectivity index is 1.38. The lowest BCUT2D eigenvalue weighted by Gasteiger charge is -2.32. The molecule has 1 saturated heterocycles. The van der Waals surface area contributed by atoms with E-state index >= 15 is 0 Å². The number of fused-ring (bicyclic) bond motifs is 2. The van der Waals surface area contributed by atoms with Gasteiger partial charge in [-0.15, -0.1) is 0 Å². The molecule has 0 bridgehead atoms. The van der Waals surface area contributed by atoms with E-state index in [0.717, 1.165) is 29.5 Å². The molecular weight excluding hydrogens is 388 g/mol. The Morgan fingerprint density at radius 2 is 1.90 bits per heavy atom. The number of benzene rings is 1. The summed E-state index contributed by atoms with van der Waals surface area (Å²) in [7, 11) is -1.66. The summed E-state index contributed by atoms with van der Waals surface area (Å²) in [5.41, 5.74) is 4.84. The number of aromatic nitrogens is 5. The van der Waals surface area contributed by atoms with E-state index in [-0.39, 0.29) is 0 Å². The monoisotopic (exact) mass is 410 g/mol. The molecule has 0 spiro atoms. The normalized spacial score (nSPS) is 16.8. The first kappa shape index (κ1) is 18.3. The standard InChI is InChI=1S/C20H22N6O2S/c1-14-9-20-21-12-23-26(20)11-17(14)15-5-7-25(8-6-15)29(27,28)16-3-4-18-19(10-16)24(2)13-22-18/h3-4,9-13,15H,5-8H2,1-2H3. The molecule has 1 aliphatic heterocycles. The van der Waals surface area contributed by atoms with Crippen LogP contribution in [0.4, 0.5) is 0 Å². The van der Waals surface area contributed by atoms with Crippen LogP contribution in [0.3, 0.4) is 0 Å². The van der Waals surface area contributed by atoms with Crippen molar-refractivity contribution >= 4 is 26.7 Å². The van der Waals surface area contributed by atoms with Crippen LogP contribution >= 0.6 is 0 Å². The molecule has 0 amide bonds. The van der Waals surface area contributed by atoms with Crippen LogP contribution in [0, 0.1) is 6.92 Å². The molecule has 0 atom stereocenters. The lowest BCUT2D eigenvalue weighted by Crippen LogP contribution is -2.38. The van der Waals surface area contributed by atoms with Gasteiger partial charge >= 0.3 is 0 Å². The first-order chi connectivity index (χ1) is 13.9. The van der Waals surface area contributed by atoms with Crippen LogP contribution in [0.1, 0.15) is 29.9 Å². The average molecular weight is 411 g/mol. The fourth-order valence-electron chi connectivity index (χ4n) is 4.22. The van der Waals surface area contributed by atoms with Crippen LogP contribution in [0.5, 0.6) is 0 Å². The second kappa shape index (κ2) is 6.64. The van der Waals surface area contributed by atoms with Gasteiger partial charge in [-0.05, 0) is 61.1 Å². The van der Waals surface area contributed by atoms with Gasteiger partial charge in [-0.3, -0.25) is 0 Å². The number of hydrogen-bond acceptors (Lipinski definition) is 5. The largest absolute Gasteiger partial charge is 0.334 e. The summed E-state index contributed by atoms with van der Waals surface area (Å²) >= 11 is 0. The maximum absolute atomic E-state index is 13.2. The predicted octanol–water partition coefficient (Wildman–Crippen LogP) is 2.49. The molecule has 0 radical (unpaired) electrons. The maximum atomic E-state index is 13.2. The quantitative estimate of drug-likeness (QED) is 0.518. The van der Waals surface area contributed by atoms with Gasteiger partial charge in [-0.2, -0.15) is 9.40 Å². The average Bonchev–Trinajstić information content (AvgIpc) is 3.33. The minimum absolute atomic E-state index is 0.314. The molecule has 5 rings (SSSR count). The molecule has 0 aliphatic carbocycles. The van der Waals surface area contributed by atoms with Gasteiger partial charge < -0.3 is 4.57 Å². The Morgan fingerprint density at radius 3 is 2.69 bits per heavy atom. The first-order valence-electron chi connectivity index (χ1n) is 9.64. The number of hydrogen-bond donors (Lipinski definition) is 0. The minimum Gasteiger partial charge on any atom is -0.334 e. The van der Waals surface area contributed by atoms with E-state index in [1.807, 2.05) is 23.9 Å². The van der Waals surface area contributed by atoms with Crippen molar-refractivity contribution in [3.05, 3.63) is 54.2 Å². The van der Waals surface area contributed by atoms with Crippen molar-refractivity contribution in [1.29, 1.82) is 0 Å². The zero-order valence-electron chi connectivity index (χ0n) is 16.4. The predicted molar refractivity (Wildman–Crippen MR) is 109 cm³/mol. The van der Waals surface area contributed by atoms with Crippen molar-refractivity contribution < 1.29 is 8.42 Å². The molecule has 8 nitrogen and oxygen atoms in total. The highest BCUT2D eigenvalue weighted by Crippen LogP contribution is 2.33. The smallest absolute Gasteiger partial charge is 0.243 e. The topological polar surface area (TPSA) is 85.4 Å². The van der Waals surface area contributed by atoms with Crippen molar-refractivity contribution in [1.82, 2.24) is 28.5 Å². The molecule has 1 aliphatic rings. The van der Waals surface area contributed by atoms with Crippen molar-refractivity contribution in [2.75, 3.05) is 13.1 Å². The van der Waals surface area contributed by atoms with Crippen LogP contribution in [-0.4, -0.2) is 50.0 Å². The van der Waals surface area contributed by atoms with Gasteiger partial charge in [0.25, 0.3) is 0 Å². The van der Waals surface area contributed by atoms with Gasteiger partial charge in [0.05, 0.1) is 22.3 Å². The third kappa shape index (κ3) is 3.01. The second-order valence-corrected chi connectivity index (χ2v) is 9.60. The van der Waals surface area contributed by atoms with Crippen LogP contribution in [0.2, 0.25) is 0 Å². The van der Waals surface area contributed by atoms with Crippen molar-refractivity contribution in [3.63, 3.8) is 0 Å². The van der Waals surface area contributed by atoms with E-state index in [1.165, 1.54) is 11.1 Å². The summed E-state index contributed by atoms with van der Waals surface area (Å²) in [6.07, 6.45) is 6.85. The summed E-state index contributed by atoms with van der Waals surface area (Å²) < 4.78 is 31.6. The van der Waals surface area contributed by atoms with Crippen LogP contribution in [-0.2, 0) is 17.1 Å². The van der Waals surface area contributed by atoms with E-state index in [0.29, 0.717) is 23.9 Å². The third-order valence-electron chi connectivity index (χ3n) is 5.89. The van der Waals surface area contributed by atoms with Crippen LogP contribution < -0.4 is 0 Å². The molecule has 3 aromatic heterocycles. The second-order valence-electron chi connectivity index (χ2n) is 7.66. The van der Waals surface area contributed by atoms with Gasteiger partial charge in [-0.1, -0.05) is 0 Å². The van der Waals surface area contributed by atoms with Gasteiger partial charge in [0.15, 0.2) is 5.65 Å². The summed E-state index contributed by atoms with van der Waals surface area (Å²) in [4.78, 5) is 8.82. The summed E-state index contributed by atoms with van der Waals surface area (Å²) in [6.45, 7) is 3.09. The number of rotatable bonds is 3. The molecule has 1 fully saturated rings. The lowest BCUT2D eigenvalue weighted by atomic mass is 9.89. The van der Waals surface area contributed by atoms with Gasteiger partial charge in [0.1, 0.15) is 6.33 Å². The number of aryl methyl sites for hydroxylation is 2. The lowest BCUT2D eigenvalue weighted by molar-refractivity contribution is 0.318. The number of pyridine rings is 1. The van der Waals surface area contributed by atoms with Crippen molar-refractivity contribution in [3.8, 4) is 0 Å². The van der Waals surface area contributed by atoms with E-state index < -0.39 is 10.0 Å². The van der Waals surface area contributed by atoms with E-state index in [1.54, 1.807) is 39.7 Å². The van der Waals surface area contributed by atoms with Crippen LogP contribution in [0.25, 0.3) is 16.7 Å². The molecule has 4 aromatic rings. The fourth-order valence-corrected chi connectivity index (χ4v) is 5.71. The van der Waals surface area contributed by atoms with Crippen molar-refractivity contribution in [2.24, 2.45) is 7.05 Å². The number of imidazole rings is 1. The molecule has 1 aromatic carbocycles. The molecule has 150 valence electrons. The maximum Gasteiger partial charge on any atom is 0.243 e. The van der Waals surface area contributed by atoms with E-state index in [4.69, 9.17) is 0 Å². The summed E-state index contributed by atoms with van der Waals surface area (Å²) in [6, 6.07) is 7.17. The fraction of sp³-hybridized carbons (Fsp3) is 0.350. The van der Waals surface area contributed by atoms with E-state index in [9.17, 15) is 8.42 Å². The van der Waals surface area contributed by atoms with E-state index in [2.05, 4.69) is 22.0 Å². The molecule has 4 heterocycles. The highest BCUT2D eigenvalue weighted by atomic mass is 32.2. The highest BCUT2D eigenvalue weighted by Gasteiger charge is 2.31. The zero-order chi connectivity index (χ0) is 20.2. The first-order valence-corrected chi connectivity index (χ1v) is 11.1. The van der Waals surface area contributed by atoms with Crippen LogP contribution in [0.15, 0.2) is 48.0 Å². The van der Waals surface area contributed by atoms with Gasteiger partial charge in [0.2, 0.25) is 10.0 Å². The summed E-state index contributed by atoms with van der Waals surface area (Å²) in [5.74, 6) is 0.314. The number of piperidine rings is 1. The Morgan fingerprint density at radius 1 is 1.10 bits per heavy atom. The minimum atomic E-state index is -3.52. The van der Waals surface area contributed by atoms with Crippen molar-refractivity contribution in [2.45, 2.75) is 30.6 Å². The number of nitrogens with zero attached hydrogens (tertiary/aromatic N) is 6. The van der Waals surface area contributed by atoms with Gasteiger partial charge in [-0.25, -0.2) is 22.9 Å². The Bertz CT molecular complexity index is 1320. The molecule has 9 heteroatoms. The Hall–Kier alpha value is -2.78. The Labute approximate surface area is 168 Å². The Kier molecular flexibility index (Phi) is 4.18. The highest BCUT2D eigenvalue weighted by molar-refractivity contribution is 7.89. The SMILES string of the molecule is Cc1cc2ncnn2cc1C1CCN(S(=O)(=O)c2ccc3ncn(C)c3c2)CC1. The number of sulfonamides is 1.